The Labute approximate surface area is 164 Å². The molecule has 1 aliphatic rings. The highest BCUT2D eigenvalue weighted by Gasteiger charge is 2.28. The number of aromatic amines is 1. The molecule has 0 bridgehead atoms. The predicted molar refractivity (Wildman–Crippen MR) is 110 cm³/mol. The van der Waals surface area contributed by atoms with E-state index in [-0.39, 0.29) is 17.5 Å². The van der Waals surface area contributed by atoms with E-state index in [1.54, 1.807) is 24.5 Å². The Kier molecular flexibility index (Phi) is 4.99. The van der Waals surface area contributed by atoms with E-state index < -0.39 is 0 Å². The fraction of sp³-hybridized carbons (Fsp3) is 0.348. The van der Waals surface area contributed by atoms with Gasteiger partial charge in [0, 0.05) is 34.9 Å². The first kappa shape index (κ1) is 18.4. The Morgan fingerprint density at radius 1 is 1.21 bits per heavy atom. The Hall–Kier alpha value is -2.95. The second-order valence-electron chi connectivity index (χ2n) is 7.78. The van der Waals surface area contributed by atoms with Crippen molar-refractivity contribution in [1.82, 2.24) is 14.9 Å². The molecule has 2 aromatic heterocycles. The molecule has 0 saturated heterocycles. The number of aryl methyl sites for hydroxylation is 2. The molecule has 1 saturated carbocycles. The first-order chi connectivity index (χ1) is 13.5. The van der Waals surface area contributed by atoms with Gasteiger partial charge in [0.15, 0.2) is 0 Å². The standard InChI is InChI=1S/C23H25N3O2/c1-15-10-16(2)20-12-18(22(27)25-21(20)11-15)14-26(19-7-3-4-8-19)23(28)17-6-5-9-24-13-17/h5-6,9-13,19H,3-4,7-8,14H2,1-2H3,(H,25,27). The summed E-state index contributed by atoms with van der Waals surface area (Å²) in [6, 6.07) is 9.77. The lowest BCUT2D eigenvalue weighted by molar-refractivity contribution is 0.0663. The largest absolute Gasteiger partial charge is 0.331 e. The number of nitrogens with one attached hydrogen (secondary N) is 1. The van der Waals surface area contributed by atoms with Crippen molar-refractivity contribution in [2.45, 2.75) is 52.1 Å². The van der Waals surface area contributed by atoms with Gasteiger partial charge in [0.1, 0.15) is 0 Å². The van der Waals surface area contributed by atoms with Gasteiger partial charge in [-0.1, -0.05) is 18.9 Å². The normalized spacial score (nSPS) is 14.5. The van der Waals surface area contributed by atoms with Crippen molar-refractivity contribution in [3.8, 4) is 0 Å². The zero-order valence-corrected chi connectivity index (χ0v) is 16.4. The molecule has 1 amide bonds. The molecule has 144 valence electrons. The van der Waals surface area contributed by atoms with Crippen LogP contribution in [0.3, 0.4) is 0 Å². The number of amides is 1. The average molecular weight is 375 g/mol. The van der Waals surface area contributed by atoms with E-state index in [0.717, 1.165) is 47.7 Å². The Morgan fingerprint density at radius 2 is 2.00 bits per heavy atom. The van der Waals surface area contributed by atoms with Crippen molar-refractivity contribution < 1.29 is 4.79 Å². The molecule has 0 aliphatic heterocycles. The molecular formula is C23H25N3O2. The minimum atomic E-state index is -0.125. The number of carbonyl (C=O) groups excluding carboxylic acids is 1. The summed E-state index contributed by atoms with van der Waals surface area (Å²) in [6.07, 6.45) is 7.46. The zero-order valence-electron chi connectivity index (χ0n) is 16.4. The minimum Gasteiger partial charge on any atom is -0.331 e. The van der Waals surface area contributed by atoms with Crippen LogP contribution in [-0.2, 0) is 6.54 Å². The maximum Gasteiger partial charge on any atom is 0.255 e. The number of hydrogen-bond acceptors (Lipinski definition) is 3. The molecule has 0 spiro atoms. The van der Waals surface area contributed by atoms with Crippen LogP contribution in [0.15, 0.2) is 47.5 Å². The van der Waals surface area contributed by atoms with E-state index in [4.69, 9.17) is 0 Å². The predicted octanol–water partition coefficient (Wildman–Crippen LogP) is 4.12. The summed E-state index contributed by atoms with van der Waals surface area (Å²) in [5.41, 5.74) is 4.16. The maximum atomic E-state index is 13.2. The third-order valence-corrected chi connectivity index (χ3v) is 5.67. The molecule has 3 aromatic rings. The summed E-state index contributed by atoms with van der Waals surface area (Å²) in [6.45, 7) is 4.39. The number of pyridine rings is 2. The summed E-state index contributed by atoms with van der Waals surface area (Å²) < 4.78 is 0. The monoisotopic (exact) mass is 375 g/mol. The van der Waals surface area contributed by atoms with Crippen molar-refractivity contribution in [3.05, 3.63) is 75.3 Å². The van der Waals surface area contributed by atoms with Gasteiger partial charge in [-0.2, -0.15) is 0 Å². The van der Waals surface area contributed by atoms with Gasteiger partial charge in [0.05, 0.1) is 12.1 Å². The van der Waals surface area contributed by atoms with Crippen LogP contribution in [0.5, 0.6) is 0 Å². The number of carbonyl (C=O) groups is 1. The molecule has 0 unspecified atom stereocenters. The number of nitrogens with zero attached hydrogens (tertiary/aromatic N) is 2. The molecule has 1 fully saturated rings. The summed E-state index contributed by atoms with van der Waals surface area (Å²) in [7, 11) is 0. The second kappa shape index (κ2) is 7.58. The van der Waals surface area contributed by atoms with E-state index >= 15 is 0 Å². The number of rotatable bonds is 4. The molecule has 5 nitrogen and oxygen atoms in total. The molecule has 5 heteroatoms. The maximum absolute atomic E-state index is 13.2. The number of benzene rings is 1. The summed E-state index contributed by atoms with van der Waals surface area (Å²) >= 11 is 0. The van der Waals surface area contributed by atoms with E-state index in [2.05, 4.69) is 16.0 Å². The molecule has 0 atom stereocenters. The Bertz CT molecular complexity index is 1070. The highest BCUT2D eigenvalue weighted by atomic mass is 16.2. The van der Waals surface area contributed by atoms with Crippen LogP contribution in [0.2, 0.25) is 0 Å². The summed E-state index contributed by atoms with van der Waals surface area (Å²) in [4.78, 5) is 34.9. The van der Waals surface area contributed by atoms with Gasteiger partial charge in [-0.3, -0.25) is 14.6 Å². The lowest BCUT2D eigenvalue weighted by atomic mass is 10.0. The van der Waals surface area contributed by atoms with Crippen molar-refractivity contribution in [1.29, 1.82) is 0 Å². The molecule has 1 N–H and O–H groups in total. The first-order valence-corrected chi connectivity index (χ1v) is 9.87. The number of hydrogen-bond donors (Lipinski definition) is 1. The third kappa shape index (κ3) is 3.57. The van der Waals surface area contributed by atoms with Gasteiger partial charge in [-0.05, 0) is 62.1 Å². The van der Waals surface area contributed by atoms with Crippen LogP contribution in [0.1, 0.15) is 52.7 Å². The van der Waals surface area contributed by atoms with Gasteiger partial charge in [0.25, 0.3) is 11.5 Å². The number of aromatic nitrogens is 2. The smallest absolute Gasteiger partial charge is 0.255 e. The van der Waals surface area contributed by atoms with Gasteiger partial charge in [0.2, 0.25) is 0 Å². The van der Waals surface area contributed by atoms with Crippen LogP contribution >= 0.6 is 0 Å². The quantitative estimate of drug-likeness (QED) is 0.746. The van der Waals surface area contributed by atoms with Gasteiger partial charge >= 0.3 is 0 Å². The zero-order chi connectivity index (χ0) is 19.7. The van der Waals surface area contributed by atoms with Crippen LogP contribution in [0.4, 0.5) is 0 Å². The Balaban J connectivity index is 1.73. The van der Waals surface area contributed by atoms with E-state index in [9.17, 15) is 9.59 Å². The van der Waals surface area contributed by atoms with Crippen molar-refractivity contribution in [2.24, 2.45) is 0 Å². The van der Waals surface area contributed by atoms with Crippen LogP contribution in [0.25, 0.3) is 10.9 Å². The van der Waals surface area contributed by atoms with Crippen LogP contribution in [-0.4, -0.2) is 26.8 Å². The molecular weight excluding hydrogens is 350 g/mol. The molecule has 4 rings (SSSR count). The highest BCUT2D eigenvalue weighted by Crippen LogP contribution is 2.27. The topological polar surface area (TPSA) is 66.1 Å². The van der Waals surface area contributed by atoms with E-state index in [1.807, 2.05) is 30.9 Å². The van der Waals surface area contributed by atoms with Crippen molar-refractivity contribution in [3.63, 3.8) is 0 Å². The number of fused-ring (bicyclic) bond motifs is 1. The fourth-order valence-electron chi connectivity index (χ4n) is 4.25. The SMILES string of the molecule is Cc1cc(C)c2cc(CN(C(=O)c3cccnc3)C3CCCC3)c(=O)[nH]c2c1. The lowest BCUT2D eigenvalue weighted by Gasteiger charge is -2.29. The minimum absolute atomic E-state index is 0.0554. The summed E-state index contributed by atoms with van der Waals surface area (Å²) in [5.74, 6) is -0.0554. The molecule has 1 aliphatic carbocycles. The second-order valence-corrected chi connectivity index (χ2v) is 7.78. The molecule has 2 heterocycles. The fourth-order valence-corrected chi connectivity index (χ4v) is 4.25. The lowest BCUT2D eigenvalue weighted by Crippen LogP contribution is -2.39. The Morgan fingerprint density at radius 3 is 2.71 bits per heavy atom. The van der Waals surface area contributed by atoms with Gasteiger partial charge < -0.3 is 9.88 Å². The average Bonchev–Trinajstić information content (AvgIpc) is 3.21. The molecule has 0 radical (unpaired) electrons. The summed E-state index contributed by atoms with van der Waals surface area (Å²) in [5, 5.41) is 1.03. The van der Waals surface area contributed by atoms with Crippen molar-refractivity contribution in [2.75, 3.05) is 0 Å². The van der Waals surface area contributed by atoms with E-state index in [1.165, 1.54) is 0 Å². The van der Waals surface area contributed by atoms with Gasteiger partial charge in [-0.25, -0.2) is 0 Å². The third-order valence-electron chi connectivity index (χ3n) is 5.67. The van der Waals surface area contributed by atoms with E-state index in [0.29, 0.717) is 17.7 Å². The van der Waals surface area contributed by atoms with Crippen molar-refractivity contribution >= 4 is 16.8 Å². The van der Waals surface area contributed by atoms with Crippen LogP contribution in [0, 0.1) is 13.8 Å². The van der Waals surface area contributed by atoms with Gasteiger partial charge in [-0.15, -0.1) is 0 Å². The molecule has 28 heavy (non-hydrogen) atoms. The van der Waals surface area contributed by atoms with Crippen LogP contribution < -0.4 is 5.56 Å². The first-order valence-electron chi connectivity index (χ1n) is 9.87. The highest BCUT2D eigenvalue weighted by molar-refractivity contribution is 5.94. The number of H-pyrrole nitrogens is 1. The molecule has 1 aromatic carbocycles.